The largest absolute Gasteiger partial charge is 0.416 e. The molecule has 2 unspecified atom stereocenters. The maximum absolute atomic E-state index is 12.5. The standard InChI is InChI=1S/C18H17F3N2O/c1-12(14-6-8-16(9-7-14)18(19,20)21)23-11-17(24)15-4-2-13(10-22)3-5-15/h2-9,12,17,23-24H,11H2,1H3. The van der Waals surface area contributed by atoms with E-state index in [1.807, 2.05) is 13.0 Å². The molecule has 2 rings (SSSR count). The summed E-state index contributed by atoms with van der Waals surface area (Å²) in [7, 11) is 0. The first-order chi connectivity index (χ1) is 11.3. The van der Waals surface area contributed by atoms with Crippen molar-refractivity contribution in [2.45, 2.75) is 25.2 Å². The van der Waals surface area contributed by atoms with Crippen LogP contribution < -0.4 is 5.32 Å². The van der Waals surface area contributed by atoms with Gasteiger partial charge >= 0.3 is 6.18 Å². The first-order valence-corrected chi connectivity index (χ1v) is 7.40. The molecule has 0 heterocycles. The summed E-state index contributed by atoms with van der Waals surface area (Å²) < 4.78 is 37.6. The van der Waals surface area contributed by atoms with Crippen LogP contribution in [0.1, 0.15) is 41.3 Å². The lowest BCUT2D eigenvalue weighted by Gasteiger charge is -2.18. The average molecular weight is 334 g/mol. The molecule has 0 fully saturated rings. The highest BCUT2D eigenvalue weighted by Crippen LogP contribution is 2.29. The molecule has 0 aliphatic rings. The van der Waals surface area contributed by atoms with Crippen molar-refractivity contribution in [2.24, 2.45) is 0 Å². The van der Waals surface area contributed by atoms with Crippen molar-refractivity contribution in [1.82, 2.24) is 5.32 Å². The van der Waals surface area contributed by atoms with Gasteiger partial charge in [0.25, 0.3) is 0 Å². The highest BCUT2D eigenvalue weighted by molar-refractivity contribution is 5.32. The van der Waals surface area contributed by atoms with Crippen LogP contribution in [0.2, 0.25) is 0 Å². The Bertz CT molecular complexity index is 703. The Labute approximate surface area is 138 Å². The molecule has 0 radical (unpaired) electrons. The molecule has 2 atom stereocenters. The summed E-state index contributed by atoms with van der Waals surface area (Å²) in [6, 6.07) is 13.3. The van der Waals surface area contributed by atoms with Crippen LogP contribution in [0.3, 0.4) is 0 Å². The summed E-state index contributed by atoms with van der Waals surface area (Å²) >= 11 is 0. The first-order valence-electron chi connectivity index (χ1n) is 7.40. The van der Waals surface area contributed by atoms with Crippen molar-refractivity contribution in [3.63, 3.8) is 0 Å². The van der Waals surface area contributed by atoms with E-state index in [2.05, 4.69) is 5.32 Å². The van der Waals surface area contributed by atoms with Crippen LogP contribution >= 0.6 is 0 Å². The lowest BCUT2D eigenvalue weighted by atomic mass is 10.0. The van der Waals surface area contributed by atoms with Gasteiger partial charge in [-0.1, -0.05) is 24.3 Å². The molecule has 0 aliphatic heterocycles. The molecule has 0 bridgehead atoms. The minimum Gasteiger partial charge on any atom is -0.387 e. The second-order valence-electron chi connectivity index (χ2n) is 5.50. The summed E-state index contributed by atoms with van der Waals surface area (Å²) in [5.41, 5.74) is 1.20. The topological polar surface area (TPSA) is 56.0 Å². The Hall–Kier alpha value is -2.36. The SMILES string of the molecule is CC(NCC(O)c1ccc(C#N)cc1)c1ccc(C(F)(F)F)cc1. The van der Waals surface area contributed by atoms with Gasteiger partial charge in [-0.05, 0) is 42.3 Å². The van der Waals surface area contributed by atoms with Crippen molar-refractivity contribution >= 4 is 0 Å². The molecule has 6 heteroatoms. The zero-order chi connectivity index (χ0) is 17.7. The Balaban J connectivity index is 1.94. The number of benzene rings is 2. The molecular formula is C18H17F3N2O. The van der Waals surface area contributed by atoms with Crippen molar-refractivity contribution in [3.05, 3.63) is 70.8 Å². The van der Waals surface area contributed by atoms with Crippen LogP contribution in [0.5, 0.6) is 0 Å². The number of hydrogen-bond donors (Lipinski definition) is 2. The lowest BCUT2D eigenvalue weighted by molar-refractivity contribution is -0.137. The van der Waals surface area contributed by atoms with E-state index in [1.54, 1.807) is 24.3 Å². The zero-order valence-corrected chi connectivity index (χ0v) is 13.0. The fraction of sp³-hybridized carbons (Fsp3) is 0.278. The number of nitriles is 1. The number of alkyl halides is 3. The van der Waals surface area contributed by atoms with E-state index in [9.17, 15) is 18.3 Å². The zero-order valence-electron chi connectivity index (χ0n) is 13.0. The number of nitrogens with one attached hydrogen (secondary N) is 1. The van der Waals surface area contributed by atoms with Gasteiger partial charge in [0.15, 0.2) is 0 Å². The molecule has 2 N–H and O–H groups in total. The van der Waals surface area contributed by atoms with Crippen molar-refractivity contribution in [3.8, 4) is 6.07 Å². The second-order valence-corrected chi connectivity index (χ2v) is 5.50. The van der Waals surface area contributed by atoms with Gasteiger partial charge in [-0.15, -0.1) is 0 Å². The van der Waals surface area contributed by atoms with Crippen LogP contribution in [-0.2, 0) is 6.18 Å². The highest BCUT2D eigenvalue weighted by atomic mass is 19.4. The second kappa shape index (κ2) is 7.47. The molecule has 0 aromatic heterocycles. The predicted molar refractivity (Wildman–Crippen MR) is 84.0 cm³/mol. The van der Waals surface area contributed by atoms with Gasteiger partial charge < -0.3 is 10.4 Å². The van der Waals surface area contributed by atoms with Gasteiger partial charge in [-0.2, -0.15) is 18.4 Å². The number of aliphatic hydroxyl groups is 1. The summed E-state index contributed by atoms with van der Waals surface area (Å²) in [5.74, 6) is 0. The minimum absolute atomic E-state index is 0.208. The summed E-state index contributed by atoms with van der Waals surface area (Å²) in [6.07, 6.45) is -5.12. The van der Waals surface area contributed by atoms with Crippen LogP contribution in [-0.4, -0.2) is 11.7 Å². The van der Waals surface area contributed by atoms with Crippen LogP contribution in [0.25, 0.3) is 0 Å². The lowest BCUT2D eigenvalue weighted by Crippen LogP contribution is -2.24. The monoisotopic (exact) mass is 334 g/mol. The molecule has 0 spiro atoms. The van der Waals surface area contributed by atoms with Gasteiger partial charge in [-0.25, -0.2) is 0 Å². The number of rotatable bonds is 5. The Kier molecular flexibility index (Phi) is 5.60. The maximum Gasteiger partial charge on any atom is 0.416 e. The van der Waals surface area contributed by atoms with Gasteiger partial charge in [0, 0.05) is 12.6 Å². The molecule has 0 amide bonds. The molecule has 24 heavy (non-hydrogen) atoms. The highest BCUT2D eigenvalue weighted by Gasteiger charge is 2.30. The third-order valence-corrected chi connectivity index (χ3v) is 3.78. The van der Waals surface area contributed by atoms with Crippen molar-refractivity contribution in [1.29, 1.82) is 5.26 Å². The summed E-state index contributed by atoms with van der Waals surface area (Å²) in [6.45, 7) is 2.06. The van der Waals surface area contributed by atoms with Crippen LogP contribution in [0.4, 0.5) is 13.2 Å². The third-order valence-electron chi connectivity index (χ3n) is 3.78. The summed E-state index contributed by atoms with van der Waals surface area (Å²) in [4.78, 5) is 0. The van der Waals surface area contributed by atoms with E-state index in [1.165, 1.54) is 12.1 Å². The Morgan fingerprint density at radius 1 is 1.04 bits per heavy atom. The third kappa shape index (κ3) is 4.57. The van der Waals surface area contributed by atoms with E-state index >= 15 is 0 Å². The van der Waals surface area contributed by atoms with Gasteiger partial charge in [0.1, 0.15) is 0 Å². The Morgan fingerprint density at radius 3 is 2.08 bits per heavy atom. The Morgan fingerprint density at radius 2 is 1.58 bits per heavy atom. The van der Waals surface area contributed by atoms with E-state index in [-0.39, 0.29) is 12.6 Å². The quantitative estimate of drug-likeness (QED) is 0.870. The summed E-state index contributed by atoms with van der Waals surface area (Å²) in [5, 5.41) is 22.0. The molecule has 2 aromatic rings. The number of hydrogen-bond acceptors (Lipinski definition) is 3. The number of halogens is 3. The van der Waals surface area contributed by atoms with Crippen molar-refractivity contribution < 1.29 is 18.3 Å². The molecule has 0 saturated carbocycles. The fourth-order valence-electron chi connectivity index (χ4n) is 2.26. The van der Waals surface area contributed by atoms with Gasteiger partial charge in [-0.3, -0.25) is 0 Å². The molecule has 0 aliphatic carbocycles. The van der Waals surface area contributed by atoms with Gasteiger partial charge in [0.05, 0.1) is 23.3 Å². The predicted octanol–water partition coefficient (Wildman–Crippen LogP) is 3.96. The van der Waals surface area contributed by atoms with Gasteiger partial charge in [0.2, 0.25) is 0 Å². The van der Waals surface area contributed by atoms with Crippen molar-refractivity contribution in [2.75, 3.05) is 6.54 Å². The number of nitrogens with zero attached hydrogens (tertiary/aromatic N) is 1. The fourth-order valence-corrected chi connectivity index (χ4v) is 2.26. The first kappa shape index (κ1) is 18.0. The van der Waals surface area contributed by atoms with E-state index in [0.717, 1.165) is 12.1 Å². The molecule has 0 saturated heterocycles. The van der Waals surface area contributed by atoms with E-state index < -0.39 is 17.8 Å². The van der Waals surface area contributed by atoms with Crippen LogP contribution in [0, 0.1) is 11.3 Å². The van der Waals surface area contributed by atoms with E-state index in [0.29, 0.717) is 16.7 Å². The molecule has 3 nitrogen and oxygen atoms in total. The van der Waals surface area contributed by atoms with E-state index in [4.69, 9.17) is 5.26 Å². The van der Waals surface area contributed by atoms with Crippen LogP contribution in [0.15, 0.2) is 48.5 Å². The maximum atomic E-state index is 12.5. The molecule has 2 aromatic carbocycles. The molecule has 126 valence electrons. The minimum atomic E-state index is -4.35. The number of aliphatic hydroxyl groups excluding tert-OH is 1. The molecular weight excluding hydrogens is 317 g/mol. The normalized spacial score (nSPS) is 14.0. The smallest absolute Gasteiger partial charge is 0.387 e. The average Bonchev–Trinajstić information content (AvgIpc) is 2.58.